The highest BCUT2D eigenvalue weighted by atomic mass is 32.2. The third-order valence-corrected chi connectivity index (χ3v) is 6.10. The van der Waals surface area contributed by atoms with Crippen LogP contribution in [-0.2, 0) is 22.8 Å². The van der Waals surface area contributed by atoms with Crippen LogP contribution in [0.15, 0.2) is 18.2 Å². The first-order valence-corrected chi connectivity index (χ1v) is 9.16. The molecule has 1 atom stereocenters. The van der Waals surface area contributed by atoms with E-state index in [9.17, 15) is 8.42 Å². The third-order valence-electron chi connectivity index (χ3n) is 4.30. The van der Waals surface area contributed by atoms with E-state index in [1.54, 1.807) is 0 Å². The summed E-state index contributed by atoms with van der Waals surface area (Å²) in [4.78, 5) is 2.28. The van der Waals surface area contributed by atoms with Gasteiger partial charge in [-0.15, -0.1) is 0 Å². The van der Waals surface area contributed by atoms with Crippen molar-refractivity contribution >= 4 is 15.5 Å². The number of nitrogens with zero attached hydrogens (tertiary/aromatic N) is 1. The predicted molar refractivity (Wildman–Crippen MR) is 81.8 cm³/mol. The van der Waals surface area contributed by atoms with Crippen LogP contribution in [0.4, 0.5) is 5.69 Å². The fraction of sp³-hybridized carbons (Fsp3) is 0.600. The van der Waals surface area contributed by atoms with Gasteiger partial charge in [-0.1, -0.05) is 12.1 Å². The van der Waals surface area contributed by atoms with Crippen molar-refractivity contribution < 1.29 is 8.42 Å². The molecule has 1 N–H and O–H groups in total. The van der Waals surface area contributed by atoms with Gasteiger partial charge in [-0.25, -0.2) is 8.42 Å². The van der Waals surface area contributed by atoms with Crippen LogP contribution in [0.1, 0.15) is 24.5 Å². The summed E-state index contributed by atoms with van der Waals surface area (Å²) in [6.45, 7) is 4.58. The van der Waals surface area contributed by atoms with Crippen molar-refractivity contribution in [3.8, 4) is 0 Å². The number of fused-ring (bicyclic) bond motifs is 1. The lowest BCUT2D eigenvalue weighted by atomic mass is 10.0. The quantitative estimate of drug-likeness (QED) is 0.901. The summed E-state index contributed by atoms with van der Waals surface area (Å²) >= 11 is 0. The van der Waals surface area contributed by atoms with Crippen molar-refractivity contribution in [2.24, 2.45) is 0 Å². The number of aryl methyl sites for hydroxylation is 1. The largest absolute Gasteiger partial charge is 0.385 e. The molecule has 3 rings (SSSR count). The summed E-state index contributed by atoms with van der Waals surface area (Å²) in [5.74, 6) is 0.587. The van der Waals surface area contributed by atoms with Crippen LogP contribution in [-0.4, -0.2) is 44.0 Å². The minimum atomic E-state index is -2.82. The zero-order chi connectivity index (χ0) is 14.2. The topological polar surface area (TPSA) is 49.4 Å². The van der Waals surface area contributed by atoms with Gasteiger partial charge in [0.2, 0.25) is 0 Å². The van der Waals surface area contributed by atoms with E-state index in [1.165, 1.54) is 23.2 Å². The van der Waals surface area contributed by atoms with E-state index in [0.717, 1.165) is 19.5 Å². The molecule has 4 nitrogen and oxygen atoms in total. The van der Waals surface area contributed by atoms with Crippen LogP contribution in [0.5, 0.6) is 0 Å². The minimum absolute atomic E-state index is 0.114. The van der Waals surface area contributed by atoms with E-state index in [2.05, 4.69) is 28.4 Å². The second-order valence-electron chi connectivity index (χ2n) is 5.96. The Bertz CT molecular complexity index is 598. The Balaban J connectivity index is 1.72. The summed E-state index contributed by atoms with van der Waals surface area (Å²) in [5, 5.41) is 3.42. The summed E-state index contributed by atoms with van der Waals surface area (Å²) in [7, 11) is -2.82. The molecule has 0 aliphatic carbocycles. The molecule has 1 unspecified atom stereocenters. The predicted octanol–water partition coefficient (Wildman–Crippen LogP) is 1.66. The highest BCUT2D eigenvalue weighted by Crippen LogP contribution is 2.24. The molecule has 2 aliphatic heterocycles. The fourth-order valence-corrected chi connectivity index (χ4v) is 4.75. The molecule has 5 heteroatoms. The van der Waals surface area contributed by atoms with Crippen LogP contribution in [0.3, 0.4) is 0 Å². The SMILES string of the molecule is CC1CS(=O)(=O)CCN1Cc1ccc2c(c1)CCCN2. The second-order valence-corrected chi connectivity index (χ2v) is 8.18. The van der Waals surface area contributed by atoms with Crippen LogP contribution < -0.4 is 5.32 Å². The number of nitrogens with one attached hydrogen (secondary N) is 1. The van der Waals surface area contributed by atoms with Gasteiger partial charge in [-0.2, -0.15) is 0 Å². The molecule has 1 aromatic rings. The van der Waals surface area contributed by atoms with Crippen LogP contribution in [0.2, 0.25) is 0 Å². The van der Waals surface area contributed by atoms with Gasteiger partial charge < -0.3 is 5.32 Å². The van der Waals surface area contributed by atoms with Crippen molar-refractivity contribution in [3.05, 3.63) is 29.3 Å². The Hall–Kier alpha value is -1.07. The van der Waals surface area contributed by atoms with Crippen molar-refractivity contribution in [1.82, 2.24) is 4.90 Å². The molecule has 1 fully saturated rings. The maximum atomic E-state index is 11.6. The Morgan fingerprint density at radius 1 is 1.40 bits per heavy atom. The number of sulfone groups is 1. The van der Waals surface area contributed by atoms with Gasteiger partial charge in [0.05, 0.1) is 11.5 Å². The van der Waals surface area contributed by atoms with Crippen LogP contribution >= 0.6 is 0 Å². The first-order valence-electron chi connectivity index (χ1n) is 7.34. The van der Waals surface area contributed by atoms with Gasteiger partial charge in [0.25, 0.3) is 0 Å². The summed E-state index contributed by atoms with van der Waals surface area (Å²) in [5.41, 5.74) is 3.94. The molecule has 2 aliphatic rings. The monoisotopic (exact) mass is 294 g/mol. The summed E-state index contributed by atoms with van der Waals surface area (Å²) in [6, 6.07) is 6.71. The van der Waals surface area contributed by atoms with E-state index >= 15 is 0 Å². The molecule has 0 spiro atoms. The Morgan fingerprint density at radius 3 is 3.05 bits per heavy atom. The Kier molecular flexibility index (Phi) is 3.73. The highest BCUT2D eigenvalue weighted by molar-refractivity contribution is 7.91. The summed E-state index contributed by atoms with van der Waals surface area (Å²) < 4.78 is 23.2. The number of benzene rings is 1. The Labute approximate surface area is 121 Å². The molecular formula is C15H22N2O2S. The number of anilines is 1. The fourth-order valence-electron chi connectivity index (χ4n) is 3.13. The van der Waals surface area contributed by atoms with E-state index in [-0.39, 0.29) is 6.04 Å². The van der Waals surface area contributed by atoms with E-state index < -0.39 is 9.84 Å². The molecule has 1 aromatic carbocycles. The average Bonchev–Trinajstić information content (AvgIpc) is 2.41. The minimum Gasteiger partial charge on any atom is -0.385 e. The third kappa shape index (κ3) is 2.99. The zero-order valence-electron chi connectivity index (χ0n) is 11.9. The van der Waals surface area contributed by atoms with E-state index in [1.807, 2.05) is 6.92 Å². The molecule has 20 heavy (non-hydrogen) atoms. The lowest BCUT2D eigenvalue weighted by molar-refractivity contribution is 0.218. The normalized spacial score (nSPS) is 25.8. The van der Waals surface area contributed by atoms with Gasteiger partial charge in [0.15, 0.2) is 9.84 Å². The van der Waals surface area contributed by atoms with Gasteiger partial charge in [-0.05, 0) is 37.0 Å². The smallest absolute Gasteiger partial charge is 0.153 e. The number of hydrogen-bond acceptors (Lipinski definition) is 4. The zero-order valence-corrected chi connectivity index (χ0v) is 12.7. The first-order chi connectivity index (χ1) is 9.53. The van der Waals surface area contributed by atoms with E-state index in [0.29, 0.717) is 18.1 Å². The molecular weight excluding hydrogens is 272 g/mol. The first kappa shape index (κ1) is 13.9. The van der Waals surface area contributed by atoms with Crippen LogP contribution in [0, 0.1) is 0 Å². The molecule has 0 saturated carbocycles. The standard InChI is InChI=1S/C15H22N2O2S/c1-12-11-20(18,19)8-7-17(12)10-13-4-5-15-14(9-13)3-2-6-16-15/h4-5,9,12,16H,2-3,6-8,10-11H2,1H3. The molecule has 1 saturated heterocycles. The number of hydrogen-bond donors (Lipinski definition) is 1. The molecule has 0 amide bonds. The van der Waals surface area contributed by atoms with Crippen molar-refractivity contribution in [2.75, 3.05) is 29.9 Å². The van der Waals surface area contributed by atoms with Crippen LogP contribution in [0.25, 0.3) is 0 Å². The maximum absolute atomic E-state index is 11.6. The van der Waals surface area contributed by atoms with Gasteiger partial charge in [0, 0.05) is 31.4 Å². The number of rotatable bonds is 2. The second kappa shape index (κ2) is 5.37. The summed E-state index contributed by atoms with van der Waals surface area (Å²) in [6.07, 6.45) is 2.33. The molecule has 0 radical (unpaired) electrons. The van der Waals surface area contributed by atoms with Gasteiger partial charge in [0.1, 0.15) is 0 Å². The average molecular weight is 294 g/mol. The van der Waals surface area contributed by atoms with Gasteiger partial charge in [-0.3, -0.25) is 4.90 Å². The molecule has 2 heterocycles. The maximum Gasteiger partial charge on any atom is 0.153 e. The molecule has 110 valence electrons. The van der Waals surface area contributed by atoms with Crippen molar-refractivity contribution in [3.63, 3.8) is 0 Å². The lowest BCUT2D eigenvalue weighted by Crippen LogP contribution is -2.46. The Morgan fingerprint density at radius 2 is 2.25 bits per heavy atom. The van der Waals surface area contributed by atoms with Crippen molar-refractivity contribution in [1.29, 1.82) is 0 Å². The molecule has 0 aromatic heterocycles. The highest BCUT2D eigenvalue weighted by Gasteiger charge is 2.28. The lowest BCUT2D eigenvalue weighted by Gasteiger charge is -2.33. The van der Waals surface area contributed by atoms with Crippen molar-refractivity contribution in [2.45, 2.75) is 32.4 Å². The van der Waals surface area contributed by atoms with Gasteiger partial charge >= 0.3 is 0 Å². The van der Waals surface area contributed by atoms with E-state index in [4.69, 9.17) is 0 Å². The molecule has 0 bridgehead atoms.